The first kappa shape index (κ1) is 8.96. The third-order valence-electron chi connectivity index (χ3n) is 1.85. The molecule has 11 heavy (non-hydrogen) atoms. The predicted octanol–water partition coefficient (Wildman–Crippen LogP) is -0.258. The molecule has 1 saturated heterocycles. The van der Waals surface area contributed by atoms with Crippen molar-refractivity contribution in [3.8, 4) is 0 Å². The Balaban J connectivity index is 2.43. The number of rotatable bonds is 2. The van der Waals surface area contributed by atoms with Crippen LogP contribution in [-0.2, 0) is 9.84 Å². The van der Waals surface area contributed by atoms with Crippen molar-refractivity contribution in [2.24, 2.45) is 5.92 Å². The van der Waals surface area contributed by atoms with Gasteiger partial charge in [-0.25, -0.2) is 8.42 Å². The standard InChI is InChI=1S/C6H13NO3S/c1-7(8)4-6-2-3-11(9,10)5-6/h6,8H,2-5H2,1H3. The highest BCUT2D eigenvalue weighted by Crippen LogP contribution is 2.18. The Morgan fingerprint density at radius 3 is 2.64 bits per heavy atom. The molecule has 0 aromatic carbocycles. The van der Waals surface area contributed by atoms with Gasteiger partial charge in [-0.15, -0.1) is 0 Å². The number of hydroxylamine groups is 2. The second-order valence-corrected chi connectivity index (χ2v) is 5.34. The van der Waals surface area contributed by atoms with Crippen LogP contribution in [-0.4, -0.2) is 43.8 Å². The Morgan fingerprint density at radius 2 is 2.27 bits per heavy atom. The van der Waals surface area contributed by atoms with Crippen molar-refractivity contribution in [3.63, 3.8) is 0 Å². The minimum Gasteiger partial charge on any atom is -0.314 e. The van der Waals surface area contributed by atoms with Gasteiger partial charge in [0.25, 0.3) is 0 Å². The summed E-state index contributed by atoms with van der Waals surface area (Å²) in [5.74, 6) is 0.638. The molecule has 5 heteroatoms. The van der Waals surface area contributed by atoms with E-state index in [9.17, 15) is 8.42 Å². The van der Waals surface area contributed by atoms with Gasteiger partial charge in [0.1, 0.15) is 0 Å². The molecule has 0 aliphatic carbocycles. The summed E-state index contributed by atoms with van der Waals surface area (Å²) in [5.41, 5.74) is 0. The molecule has 1 aliphatic heterocycles. The molecule has 0 saturated carbocycles. The summed E-state index contributed by atoms with van der Waals surface area (Å²) in [7, 11) is -1.25. The van der Waals surface area contributed by atoms with Crippen LogP contribution in [0.5, 0.6) is 0 Å². The van der Waals surface area contributed by atoms with E-state index < -0.39 is 9.84 Å². The molecule has 1 fully saturated rings. The number of hydrogen-bond acceptors (Lipinski definition) is 4. The lowest BCUT2D eigenvalue weighted by molar-refractivity contribution is -0.0737. The van der Waals surface area contributed by atoms with E-state index in [0.717, 1.165) is 5.06 Å². The molecule has 1 N–H and O–H groups in total. The Labute approximate surface area is 66.7 Å². The van der Waals surface area contributed by atoms with Crippen molar-refractivity contribution in [3.05, 3.63) is 0 Å². The van der Waals surface area contributed by atoms with E-state index in [-0.39, 0.29) is 17.4 Å². The molecule has 0 spiro atoms. The second-order valence-electron chi connectivity index (χ2n) is 3.11. The van der Waals surface area contributed by atoms with Gasteiger partial charge in [-0.05, 0) is 12.3 Å². The highest BCUT2D eigenvalue weighted by Gasteiger charge is 2.28. The van der Waals surface area contributed by atoms with Crippen LogP contribution in [0.25, 0.3) is 0 Å². The van der Waals surface area contributed by atoms with Crippen LogP contribution in [0.3, 0.4) is 0 Å². The fourth-order valence-electron chi connectivity index (χ4n) is 1.39. The van der Waals surface area contributed by atoms with Crippen LogP contribution >= 0.6 is 0 Å². The summed E-state index contributed by atoms with van der Waals surface area (Å²) in [5, 5.41) is 9.87. The van der Waals surface area contributed by atoms with Gasteiger partial charge in [0.2, 0.25) is 0 Å². The van der Waals surface area contributed by atoms with Crippen LogP contribution in [0, 0.1) is 5.92 Å². The minimum absolute atomic E-state index is 0.120. The normalized spacial score (nSPS) is 29.5. The summed E-state index contributed by atoms with van der Waals surface area (Å²) in [6.45, 7) is 0.458. The van der Waals surface area contributed by atoms with E-state index in [2.05, 4.69) is 0 Å². The first-order chi connectivity index (χ1) is 4.99. The molecular weight excluding hydrogens is 166 g/mol. The molecule has 0 radical (unpaired) electrons. The summed E-state index contributed by atoms with van der Waals surface area (Å²) >= 11 is 0. The van der Waals surface area contributed by atoms with E-state index in [0.29, 0.717) is 13.0 Å². The second kappa shape index (κ2) is 3.08. The maximum Gasteiger partial charge on any atom is 0.150 e. The van der Waals surface area contributed by atoms with E-state index in [1.54, 1.807) is 0 Å². The highest BCUT2D eigenvalue weighted by molar-refractivity contribution is 7.91. The first-order valence-corrected chi connectivity index (χ1v) is 5.42. The Hall–Kier alpha value is -0.130. The fraction of sp³-hybridized carbons (Fsp3) is 1.00. The molecule has 0 aromatic heterocycles. The van der Waals surface area contributed by atoms with Crippen molar-refractivity contribution < 1.29 is 13.6 Å². The van der Waals surface area contributed by atoms with Gasteiger partial charge in [0.05, 0.1) is 11.5 Å². The Morgan fingerprint density at radius 1 is 1.64 bits per heavy atom. The third-order valence-corrected chi connectivity index (χ3v) is 3.69. The average molecular weight is 179 g/mol. The summed E-state index contributed by atoms with van der Waals surface area (Å²) < 4.78 is 21.8. The van der Waals surface area contributed by atoms with Gasteiger partial charge in [-0.2, -0.15) is 5.06 Å². The van der Waals surface area contributed by atoms with Gasteiger partial charge in [-0.1, -0.05) is 0 Å². The molecule has 1 atom stereocenters. The smallest absolute Gasteiger partial charge is 0.150 e. The van der Waals surface area contributed by atoms with Crippen molar-refractivity contribution in [2.75, 3.05) is 25.1 Å². The van der Waals surface area contributed by atoms with Gasteiger partial charge >= 0.3 is 0 Å². The van der Waals surface area contributed by atoms with Crippen LogP contribution < -0.4 is 0 Å². The molecule has 0 amide bonds. The van der Waals surface area contributed by atoms with Crippen LogP contribution in [0.15, 0.2) is 0 Å². The zero-order valence-corrected chi connectivity index (χ0v) is 7.34. The average Bonchev–Trinajstić information content (AvgIpc) is 2.08. The summed E-state index contributed by atoms with van der Waals surface area (Å²) in [4.78, 5) is 0. The van der Waals surface area contributed by atoms with Crippen LogP contribution in [0.2, 0.25) is 0 Å². The van der Waals surface area contributed by atoms with E-state index >= 15 is 0 Å². The molecule has 0 bridgehead atoms. The molecule has 1 unspecified atom stereocenters. The van der Waals surface area contributed by atoms with E-state index in [1.165, 1.54) is 7.05 Å². The van der Waals surface area contributed by atoms with Gasteiger partial charge in [0, 0.05) is 13.6 Å². The zero-order chi connectivity index (χ0) is 8.48. The molecule has 1 aliphatic rings. The van der Waals surface area contributed by atoms with E-state index in [1.807, 2.05) is 0 Å². The van der Waals surface area contributed by atoms with Crippen molar-refractivity contribution in [1.82, 2.24) is 5.06 Å². The quantitative estimate of drug-likeness (QED) is 0.593. The maximum absolute atomic E-state index is 10.9. The highest BCUT2D eigenvalue weighted by atomic mass is 32.2. The molecule has 1 heterocycles. The Bertz CT molecular complexity index is 222. The SMILES string of the molecule is CN(O)CC1CCS(=O)(=O)C1. The van der Waals surface area contributed by atoms with Gasteiger partial charge < -0.3 is 5.21 Å². The summed E-state index contributed by atoms with van der Waals surface area (Å²) in [6, 6.07) is 0. The monoisotopic (exact) mass is 179 g/mol. The third kappa shape index (κ3) is 2.76. The zero-order valence-electron chi connectivity index (χ0n) is 6.52. The predicted molar refractivity (Wildman–Crippen MR) is 41.2 cm³/mol. The fourth-order valence-corrected chi connectivity index (χ4v) is 3.24. The van der Waals surface area contributed by atoms with Crippen LogP contribution in [0.1, 0.15) is 6.42 Å². The lowest BCUT2D eigenvalue weighted by atomic mass is 10.1. The van der Waals surface area contributed by atoms with Crippen LogP contribution in [0.4, 0.5) is 0 Å². The molecule has 0 aromatic rings. The summed E-state index contributed by atoms with van der Waals surface area (Å²) in [6.07, 6.45) is 0.688. The van der Waals surface area contributed by atoms with Gasteiger partial charge in [-0.3, -0.25) is 0 Å². The lowest BCUT2D eigenvalue weighted by Crippen LogP contribution is -2.22. The first-order valence-electron chi connectivity index (χ1n) is 3.60. The Kier molecular flexibility index (Phi) is 2.51. The van der Waals surface area contributed by atoms with Crippen molar-refractivity contribution in [2.45, 2.75) is 6.42 Å². The topological polar surface area (TPSA) is 57.6 Å². The molecule has 66 valence electrons. The van der Waals surface area contributed by atoms with Gasteiger partial charge in [0.15, 0.2) is 9.84 Å². The van der Waals surface area contributed by atoms with Crippen molar-refractivity contribution >= 4 is 9.84 Å². The molecule has 4 nitrogen and oxygen atoms in total. The number of nitrogens with zero attached hydrogens (tertiary/aromatic N) is 1. The van der Waals surface area contributed by atoms with E-state index in [4.69, 9.17) is 5.21 Å². The lowest BCUT2D eigenvalue weighted by Gasteiger charge is -2.11. The van der Waals surface area contributed by atoms with Crippen molar-refractivity contribution in [1.29, 1.82) is 0 Å². The molecular formula is C6H13NO3S. The minimum atomic E-state index is -2.78. The largest absolute Gasteiger partial charge is 0.314 e. The number of sulfone groups is 1. The maximum atomic E-state index is 10.9. The molecule has 1 rings (SSSR count). The number of hydrogen-bond donors (Lipinski definition) is 1.